The SMILES string of the molecule is Cc1ccc(CC(C)(C)C(=O)O)c(Cl)c1. The quantitative estimate of drug-likeness (QED) is 0.859. The van der Waals surface area contributed by atoms with Crippen LogP contribution >= 0.6 is 11.6 Å². The molecule has 0 radical (unpaired) electrons. The monoisotopic (exact) mass is 226 g/mol. The van der Waals surface area contributed by atoms with Crippen molar-refractivity contribution in [1.82, 2.24) is 0 Å². The molecule has 0 saturated heterocycles. The molecular weight excluding hydrogens is 212 g/mol. The standard InChI is InChI=1S/C12H15ClO2/c1-8-4-5-9(10(13)6-8)7-12(2,3)11(14)15/h4-6H,7H2,1-3H3,(H,14,15). The Hall–Kier alpha value is -1.02. The Bertz CT molecular complexity index is 383. The first kappa shape index (κ1) is 12.1. The van der Waals surface area contributed by atoms with Crippen LogP contribution in [0.3, 0.4) is 0 Å². The van der Waals surface area contributed by atoms with Crippen molar-refractivity contribution in [2.75, 3.05) is 0 Å². The fourth-order valence-electron chi connectivity index (χ4n) is 1.35. The lowest BCUT2D eigenvalue weighted by Crippen LogP contribution is -2.26. The highest BCUT2D eigenvalue weighted by Crippen LogP contribution is 2.27. The maximum Gasteiger partial charge on any atom is 0.309 e. The largest absolute Gasteiger partial charge is 0.481 e. The van der Waals surface area contributed by atoms with Crippen LogP contribution in [0.15, 0.2) is 18.2 Å². The van der Waals surface area contributed by atoms with E-state index in [0.717, 1.165) is 11.1 Å². The van der Waals surface area contributed by atoms with Gasteiger partial charge in [-0.15, -0.1) is 0 Å². The minimum atomic E-state index is -0.806. The number of aliphatic carboxylic acids is 1. The second-order valence-corrected chi connectivity index (χ2v) is 4.87. The zero-order chi connectivity index (χ0) is 11.6. The Kier molecular flexibility index (Phi) is 3.40. The molecule has 0 atom stereocenters. The minimum Gasteiger partial charge on any atom is -0.481 e. The highest BCUT2D eigenvalue weighted by atomic mass is 35.5. The summed E-state index contributed by atoms with van der Waals surface area (Å²) in [6, 6.07) is 5.69. The Labute approximate surface area is 94.9 Å². The number of carboxylic acid groups (broad SMARTS) is 1. The molecule has 82 valence electrons. The molecule has 1 rings (SSSR count). The molecule has 0 aliphatic heterocycles. The molecule has 0 amide bonds. The maximum absolute atomic E-state index is 11.0. The third-order valence-corrected chi connectivity index (χ3v) is 2.77. The van der Waals surface area contributed by atoms with Crippen molar-refractivity contribution in [3.05, 3.63) is 34.3 Å². The van der Waals surface area contributed by atoms with Gasteiger partial charge in [-0.1, -0.05) is 23.7 Å². The van der Waals surface area contributed by atoms with E-state index in [0.29, 0.717) is 11.4 Å². The van der Waals surface area contributed by atoms with Crippen LogP contribution in [0.25, 0.3) is 0 Å². The number of rotatable bonds is 3. The van der Waals surface area contributed by atoms with Gasteiger partial charge < -0.3 is 5.11 Å². The number of carbonyl (C=O) groups is 1. The summed E-state index contributed by atoms with van der Waals surface area (Å²) in [5.41, 5.74) is 1.19. The van der Waals surface area contributed by atoms with E-state index < -0.39 is 11.4 Å². The van der Waals surface area contributed by atoms with Crippen LogP contribution in [0.5, 0.6) is 0 Å². The molecule has 0 bridgehead atoms. The molecule has 0 saturated carbocycles. The second kappa shape index (κ2) is 4.23. The molecule has 15 heavy (non-hydrogen) atoms. The Morgan fingerprint density at radius 1 is 1.47 bits per heavy atom. The van der Waals surface area contributed by atoms with E-state index >= 15 is 0 Å². The summed E-state index contributed by atoms with van der Waals surface area (Å²) in [5, 5.41) is 9.65. The van der Waals surface area contributed by atoms with E-state index in [4.69, 9.17) is 16.7 Å². The van der Waals surface area contributed by atoms with Crippen molar-refractivity contribution in [2.45, 2.75) is 27.2 Å². The number of benzene rings is 1. The molecule has 1 aromatic carbocycles. The van der Waals surface area contributed by atoms with Gasteiger partial charge in [0.2, 0.25) is 0 Å². The zero-order valence-corrected chi connectivity index (χ0v) is 9.93. The van der Waals surface area contributed by atoms with Gasteiger partial charge in [0.25, 0.3) is 0 Å². The van der Waals surface area contributed by atoms with Crippen LogP contribution in [-0.4, -0.2) is 11.1 Å². The van der Waals surface area contributed by atoms with Gasteiger partial charge in [-0.25, -0.2) is 0 Å². The van der Waals surface area contributed by atoms with Gasteiger partial charge in [-0.2, -0.15) is 0 Å². The van der Waals surface area contributed by atoms with E-state index in [1.807, 2.05) is 25.1 Å². The van der Waals surface area contributed by atoms with E-state index in [2.05, 4.69) is 0 Å². The number of halogens is 1. The summed E-state index contributed by atoms with van der Waals surface area (Å²) < 4.78 is 0. The minimum absolute atomic E-state index is 0.446. The molecular formula is C12H15ClO2. The molecule has 2 nitrogen and oxygen atoms in total. The number of hydrogen-bond acceptors (Lipinski definition) is 1. The lowest BCUT2D eigenvalue weighted by molar-refractivity contribution is -0.146. The first-order valence-corrected chi connectivity index (χ1v) is 5.19. The van der Waals surface area contributed by atoms with Gasteiger partial charge in [0.05, 0.1) is 5.41 Å². The normalized spacial score (nSPS) is 11.5. The summed E-state index contributed by atoms with van der Waals surface area (Å²) in [6.45, 7) is 5.36. The number of aryl methyl sites for hydroxylation is 1. The van der Waals surface area contributed by atoms with E-state index in [1.54, 1.807) is 13.8 Å². The molecule has 0 aliphatic carbocycles. The molecule has 0 aromatic heterocycles. The predicted molar refractivity (Wildman–Crippen MR) is 61.3 cm³/mol. The number of carboxylic acids is 1. The van der Waals surface area contributed by atoms with E-state index in [-0.39, 0.29) is 0 Å². The molecule has 1 N–H and O–H groups in total. The van der Waals surface area contributed by atoms with Crippen LogP contribution in [0, 0.1) is 12.3 Å². The van der Waals surface area contributed by atoms with Crippen LogP contribution in [0.2, 0.25) is 5.02 Å². The molecule has 0 fully saturated rings. The first-order chi connectivity index (χ1) is 6.83. The summed E-state index contributed by atoms with van der Waals surface area (Å²) in [4.78, 5) is 11.0. The molecule has 3 heteroatoms. The molecule has 0 aliphatic rings. The van der Waals surface area contributed by atoms with Gasteiger partial charge in [-0.05, 0) is 44.4 Å². The third-order valence-electron chi connectivity index (χ3n) is 2.42. The van der Waals surface area contributed by atoms with Gasteiger partial charge in [-0.3, -0.25) is 4.79 Å². The van der Waals surface area contributed by atoms with E-state index in [9.17, 15) is 4.79 Å². The van der Waals surface area contributed by atoms with Crippen molar-refractivity contribution >= 4 is 17.6 Å². The summed E-state index contributed by atoms with van der Waals surface area (Å²) in [7, 11) is 0. The van der Waals surface area contributed by atoms with Crippen molar-refractivity contribution in [1.29, 1.82) is 0 Å². The van der Waals surface area contributed by atoms with Gasteiger partial charge >= 0.3 is 5.97 Å². The Morgan fingerprint density at radius 2 is 2.07 bits per heavy atom. The lowest BCUT2D eigenvalue weighted by atomic mass is 9.86. The topological polar surface area (TPSA) is 37.3 Å². The lowest BCUT2D eigenvalue weighted by Gasteiger charge is -2.19. The van der Waals surface area contributed by atoms with Crippen molar-refractivity contribution in [3.63, 3.8) is 0 Å². The fraction of sp³-hybridized carbons (Fsp3) is 0.417. The van der Waals surface area contributed by atoms with Crippen LogP contribution in [0.1, 0.15) is 25.0 Å². The average Bonchev–Trinajstić information content (AvgIpc) is 2.09. The van der Waals surface area contributed by atoms with Gasteiger partial charge in [0.1, 0.15) is 0 Å². The zero-order valence-electron chi connectivity index (χ0n) is 9.17. The highest BCUT2D eigenvalue weighted by molar-refractivity contribution is 6.31. The van der Waals surface area contributed by atoms with Crippen molar-refractivity contribution < 1.29 is 9.90 Å². The predicted octanol–water partition coefficient (Wildman–Crippen LogP) is 3.30. The summed E-state index contributed by atoms with van der Waals surface area (Å²) in [6.07, 6.45) is 0.446. The molecule has 0 spiro atoms. The van der Waals surface area contributed by atoms with Crippen molar-refractivity contribution in [2.24, 2.45) is 5.41 Å². The van der Waals surface area contributed by atoms with Gasteiger partial charge in [0, 0.05) is 5.02 Å². The highest BCUT2D eigenvalue weighted by Gasteiger charge is 2.28. The van der Waals surface area contributed by atoms with Crippen molar-refractivity contribution in [3.8, 4) is 0 Å². The second-order valence-electron chi connectivity index (χ2n) is 4.46. The Balaban J connectivity index is 2.95. The fourth-order valence-corrected chi connectivity index (χ4v) is 1.65. The van der Waals surface area contributed by atoms with Crippen LogP contribution < -0.4 is 0 Å². The molecule has 0 unspecified atom stereocenters. The smallest absolute Gasteiger partial charge is 0.309 e. The van der Waals surface area contributed by atoms with Gasteiger partial charge in [0.15, 0.2) is 0 Å². The summed E-state index contributed by atoms with van der Waals surface area (Å²) in [5.74, 6) is -0.806. The van der Waals surface area contributed by atoms with Crippen LogP contribution in [0.4, 0.5) is 0 Å². The average molecular weight is 227 g/mol. The molecule has 0 heterocycles. The Morgan fingerprint density at radius 3 is 2.53 bits per heavy atom. The third kappa shape index (κ3) is 2.96. The maximum atomic E-state index is 11.0. The molecule has 1 aromatic rings. The summed E-state index contributed by atoms with van der Waals surface area (Å²) >= 11 is 6.05. The van der Waals surface area contributed by atoms with E-state index in [1.165, 1.54) is 0 Å². The first-order valence-electron chi connectivity index (χ1n) is 4.81. The van der Waals surface area contributed by atoms with Crippen LogP contribution in [-0.2, 0) is 11.2 Å². The number of hydrogen-bond donors (Lipinski definition) is 1.